The van der Waals surface area contributed by atoms with E-state index >= 15 is 0 Å². The number of esters is 1. The van der Waals surface area contributed by atoms with E-state index < -0.39 is 11.6 Å². The van der Waals surface area contributed by atoms with Crippen molar-refractivity contribution in [2.75, 3.05) is 13.2 Å². The molecule has 0 spiro atoms. The summed E-state index contributed by atoms with van der Waals surface area (Å²) < 4.78 is 10.5. The highest BCUT2D eigenvalue weighted by Crippen LogP contribution is 2.31. The third-order valence-electron chi connectivity index (χ3n) is 3.54. The van der Waals surface area contributed by atoms with Crippen molar-refractivity contribution >= 4 is 11.9 Å². The van der Waals surface area contributed by atoms with Crippen LogP contribution in [-0.4, -0.2) is 36.7 Å². The van der Waals surface area contributed by atoms with Gasteiger partial charge in [0.2, 0.25) is 5.91 Å². The Morgan fingerprint density at radius 1 is 1.40 bits per heavy atom. The van der Waals surface area contributed by atoms with Crippen LogP contribution in [0, 0.1) is 0 Å². The lowest BCUT2D eigenvalue weighted by molar-refractivity contribution is -0.154. The molecule has 1 rings (SSSR count). The lowest BCUT2D eigenvalue weighted by Gasteiger charge is -2.29. The van der Waals surface area contributed by atoms with E-state index in [1.54, 1.807) is 19.9 Å². The Hall–Kier alpha value is -1.36. The average molecular weight is 283 g/mol. The van der Waals surface area contributed by atoms with Crippen molar-refractivity contribution in [3.63, 3.8) is 0 Å². The van der Waals surface area contributed by atoms with Crippen LogP contribution in [0.1, 0.15) is 46.0 Å². The molecule has 1 aliphatic rings. The zero-order valence-corrected chi connectivity index (χ0v) is 12.4. The van der Waals surface area contributed by atoms with Gasteiger partial charge in [-0.25, -0.2) is 4.79 Å². The Labute approximate surface area is 120 Å². The second kappa shape index (κ2) is 8.04. The van der Waals surface area contributed by atoms with Gasteiger partial charge < -0.3 is 14.8 Å². The van der Waals surface area contributed by atoms with Crippen LogP contribution >= 0.6 is 0 Å². The van der Waals surface area contributed by atoms with E-state index in [4.69, 9.17) is 9.47 Å². The minimum Gasteiger partial charge on any atom is -0.464 e. The van der Waals surface area contributed by atoms with Gasteiger partial charge >= 0.3 is 5.97 Å². The van der Waals surface area contributed by atoms with Gasteiger partial charge in [-0.3, -0.25) is 4.79 Å². The Morgan fingerprint density at radius 3 is 2.60 bits per heavy atom. The lowest BCUT2D eigenvalue weighted by atomic mass is 9.97. The summed E-state index contributed by atoms with van der Waals surface area (Å²) in [5.41, 5.74) is -0.858. The van der Waals surface area contributed by atoms with Gasteiger partial charge in [-0.15, -0.1) is 6.58 Å². The van der Waals surface area contributed by atoms with Gasteiger partial charge in [-0.05, 0) is 33.1 Å². The van der Waals surface area contributed by atoms with Crippen molar-refractivity contribution in [2.45, 2.75) is 57.6 Å². The summed E-state index contributed by atoms with van der Waals surface area (Å²) in [5.74, 6) is -0.590. The normalized spacial score (nSPS) is 18.3. The molecule has 0 aromatic heterocycles. The van der Waals surface area contributed by atoms with Gasteiger partial charge in [0.25, 0.3) is 0 Å². The van der Waals surface area contributed by atoms with E-state index in [9.17, 15) is 9.59 Å². The van der Waals surface area contributed by atoms with E-state index in [0.717, 1.165) is 12.8 Å². The summed E-state index contributed by atoms with van der Waals surface area (Å²) in [6.45, 7) is 7.82. The fraction of sp³-hybridized carbons (Fsp3) is 0.733. The second-order valence-electron chi connectivity index (χ2n) is 5.09. The number of hydrogen-bond acceptors (Lipinski definition) is 4. The summed E-state index contributed by atoms with van der Waals surface area (Å²) in [5, 5.41) is 2.84. The van der Waals surface area contributed by atoms with Crippen LogP contribution in [0.25, 0.3) is 0 Å². The van der Waals surface area contributed by atoms with Crippen molar-refractivity contribution in [2.24, 2.45) is 0 Å². The summed E-state index contributed by atoms with van der Waals surface area (Å²) >= 11 is 0. The molecule has 1 N–H and O–H groups in total. The number of carbonyl (C=O) groups excluding carboxylic acids is 2. The Bertz CT molecular complexity index is 348. The molecule has 5 nitrogen and oxygen atoms in total. The smallest absolute Gasteiger partial charge is 0.331 e. The summed E-state index contributed by atoms with van der Waals surface area (Å²) in [4.78, 5) is 24.2. The predicted octanol–water partition coefficient (Wildman–Crippen LogP) is 1.96. The molecule has 1 atom stereocenters. The highest BCUT2D eigenvalue weighted by atomic mass is 16.5. The molecule has 0 aliphatic heterocycles. The summed E-state index contributed by atoms with van der Waals surface area (Å²) in [6.07, 6.45) is 4.97. The van der Waals surface area contributed by atoms with Crippen molar-refractivity contribution in [1.82, 2.24) is 5.32 Å². The minimum atomic E-state index is -0.858. The number of rotatable bonds is 8. The maximum atomic E-state index is 12.1. The SMILES string of the molecule is C=CCCOC(C)C(=O)NC1(C(=O)OCC)CCCC1. The Balaban J connectivity index is 2.59. The highest BCUT2D eigenvalue weighted by Gasteiger charge is 2.44. The number of hydrogen-bond donors (Lipinski definition) is 1. The molecular weight excluding hydrogens is 258 g/mol. The number of nitrogens with one attached hydrogen (secondary N) is 1. The third-order valence-corrected chi connectivity index (χ3v) is 3.54. The van der Waals surface area contributed by atoms with E-state index in [1.165, 1.54) is 0 Å². The zero-order chi connectivity index (χ0) is 15.0. The molecular formula is C15H25NO4. The maximum absolute atomic E-state index is 12.1. The monoisotopic (exact) mass is 283 g/mol. The van der Waals surface area contributed by atoms with Gasteiger partial charge in [-0.2, -0.15) is 0 Å². The molecule has 0 heterocycles. The molecule has 114 valence electrons. The molecule has 1 amide bonds. The molecule has 1 fully saturated rings. The first-order chi connectivity index (χ1) is 9.55. The first-order valence-corrected chi connectivity index (χ1v) is 7.27. The van der Waals surface area contributed by atoms with Crippen LogP contribution in [-0.2, 0) is 19.1 Å². The Morgan fingerprint density at radius 2 is 2.05 bits per heavy atom. The zero-order valence-electron chi connectivity index (χ0n) is 12.4. The van der Waals surface area contributed by atoms with Crippen LogP contribution in [0.15, 0.2) is 12.7 Å². The van der Waals surface area contributed by atoms with Crippen LogP contribution in [0.5, 0.6) is 0 Å². The molecule has 5 heteroatoms. The molecule has 1 aliphatic carbocycles. The van der Waals surface area contributed by atoms with Crippen LogP contribution in [0.3, 0.4) is 0 Å². The predicted molar refractivity (Wildman–Crippen MR) is 76.2 cm³/mol. The van der Waals surface area contributed by atoms with E-state index in [2.05, 4.69) is 11.9 Å². The number of carbonyl (C=O) groups is 2. The molecule has 0 radical (unpaired) electrons. The lowest BCUT2D eigenvalue weighted by Crippen LogP contribution is -2.55. The number of amides is 1. The van der Waals surface area contributed by atoms with E-state index in [0.29, 0.717) is 32.5 Å². The fourth-order valence-electron chi connectivity index (χ4n) is 2.37. The molecule has 0 aromatic carbocycles. The van der Waals surface area contributed by atoms with Gasteiger partial charge in [0.1, 0.15) is 11.6 Å². The fourth-order valence-corrected chi connectivity index (χ4v) is 2.37. The Kier molecular flexibility index (Phi) is 6.71. The van der Waals surface area contributed by atoms with Crippen LogP contribution in [0.2, 0.25) is 0 Å². The quantitative estimate of drug-likeness (QED) is 0.420. The van der Waals surface area contributed by atoms with Gasteiger partial charge in [0, 0.05) is 0 Å². The first kappa shape index (κ1) is 16.7. The van der Waals surface area contributed by atoms with E-state index in [1.807, 2.05) is 0 Å². The topological polar surface area (TPSA) is 64.6 Å². The van der Waals surface area contributed by atoms with E-state index in [-0.39, 0.29) is 11.9 Å². The largest absolute Gasteiger partial charge is 0.464 e. The first-order valence-electron chi connectivity index (χ1n) is 7.27. The van der Waals surface area contributed by atoms with Gasteiger partial charge in [0.05, 0.1) is 13.2 Å². The van der Waals surface area contributed by atoms with Crippen molar-refractivity contribution in [3.05, 3.63) is 12.7 Å². The number of ether oxygens (including phenoxy) is 2. The third kappa shape index (κ3) is 4.34. The molecule has 1 saturated carbocycles. The van der Waals surface area contributed by atoms with Gasteiger partial charge in [-0.1, -0.05) is 18.9 Å². The molecule has 0 bridgehead atoms. The van der Waals surface area contributed by atoms with Crippen molar-refractivity contribution < 1.29 is 19.1 Å². The summed E-state index contributed by atoms with van der Waals surface area (Å²) in [6, 6.07) is 0. The standard InChI is InChI=1S/C15H25NO4/c1-4-6-11-20-12(3)13(17)16-15(9-7-8-10-15)14(18)19-5-2/h4,12H,1,5-11H2,2-3H3,(H,16,17). The van der Waals surface area contributed by atoms with Crippen LogP contribution < -0.4 is 5.32 Å². The van der Waals surface area contributed by atoms with Crippen molar-refractivity contribution in [3.8, 4) is 0 Å². The molecule has 0 saturated heterocycles. The van der Waals surface area contributed by atoms with Crippen molar-refractivity contribution in [1.29, 1.82) is 0 Å². The van der Waals surface area contributed by atoms with Gasteiger partial charge in [0.15, 0.2) is 0 Å². The summed E-state index contributed by atoms with van der Waals surface area (Å²) in [7, 11) is 0. The molecule has 1 unspecified atom stereocenters. The highest BCUT2D eigenvalue weighted by molar-refractivity contribution is 5.90. The van der Waals surface area contributed by atoms with Crippen LogP contribution in [0.4, 0.5) is 0 Å². The average Bonchev–Trinajstić information content (AvgIpc) is 2.89. The minimum absolute atomic E-state index is 0.260. The molecule has 0 aromatic rings. The second-order valence-corrected chi connectivity index (χ2v) is 5.09. The molecule has 20 heavy (non-hydrogen) atoms. The maximum Gasteiger partial charge on any atom is 0.331 e.